The van der Waals surface area contributed by atoms with Gasteiger partial charge in [-0.3, -0.25) is 0 Å². The lowest BCUT2D eigenvalue weighted by Gasteiger charge is -2.52. The topological polar surface area (TPSA) is 3.24 Å². The molecule has 0 N–H and O–H groups in total. The normalized spacial score (nSPS) is 25.6. The van der Waals surface area contributed by atoms with Gasteiger partial charge in [-0.05, 0) is 56.7 Å². The SMILES string of the molecule is CC.CCC1CC2(CCN(CC)CC2)C1. The van der Waals surface area contributed by atoms with Gasteiger partial charge in [0.15, 0.2) is 0 Å². The molecule has 90 valence electrons. The lowest BCUT2D eigenvalue weighted by molar-refractivity contribution is -0.0129. The summed E-state index contributed by atoms with van der Waals surface area (Å²) in [5.74, 6) is 1.08. The van der Waals surface area contributed by atoms with Crippen LogP contribution < -0.4 is 0 Å². The Labute approximate surface area is 96.2 Å². The molecule has 1 heterocycles. The molecule has 1 spiro atoms. The van der Waals surface area contributed by atoms with Gasteiger partial charge in [-0.15, -0.1) is 0 Å². The van der Waals surface area contributed by atoms with Crippen molar-refractivity contribution in [3.63, 3.8) is 0 Å². The van der Waals surface area contributed by atoms with E-state index in [1.54, 1.807) is 12.8 Å². The van der Waals surface area contributed by atoms with E-state index < -0.39 is 0 Å². The van der Waals surface area contributed by atoms with Gasteiger partial charge < -0.3 is 4.90 Å². The van der Waals surface area contributed by atoms with Gasteiger partial charge in [0.05, 0.1) is 0 Å². The van der Waals surface area contributed by atoms with E-state index in [4.69, 9.17) is 0 Å². The zero-order valence-corrected chi connectivity index (χ0v) is 11.2. The first-order chi connectivity index (χ1) is 7.28. The highest BCUT2D eigenvalue weighted by Gasteiger charge is 2.44. The van der Waals surface area contributed by atoms with Gasteiger partial charge in [0.1, 0.15) is 0 Å². The highest BCUT2D eigenvalue weighted by molar-refractivity contribution is 4.96. The van der Waals surface area contributed by atoms with Crippen molar-refractivity contribution in [2.24, 2.45) is 11.3 Å². The fourth-order valence-electron chi connectivity index (χ4n) is 3.21. The summed E-state index contributed by atoms with van der Waals surface area (Å²) >= 11 is 0. The monoisotopic (exact) mass is 211 g/mol. The molecule has 2 fully saturated rings. The number of nitrogens with zero attached hydrogens (tertiary/aromatic N) is 1. The molecule has 1 heteroatoms. The maximum Gasteiger partial charge on any atom is -0.00135 e. The third-order valence-electron chi connectivity index (χ3n) is 4.38. The van der Waals surface area contributed by atoms with Crippen LogP contribution in [0, 0.1) is 11.3 Å². The van der Waals surface area contributed by atoms with Crippen LogP contribution in [0.15, 0.2) is 0 Å². The molecule has 0 atom stereocenters. The van der Waals surface area contributed by atoms with E-state index in [0.29, 0.717) is 0 Å². The van der Waals surface area contributed by atoms with E-state index in [1.165, 1.54) is 38.9 Å². The summed E-state index contributed by atoms with van der Waals surface area (Å²) in [5, 5.41) is 0. The molecule has 0 unspecified atom stereocenters. The first kappa shape index (κ1) is 13.0. The number of likely N-dealkylation sites (tertiary alicyclic amines) is 1. The van der Waals surface area contributed by atoms with Gasteiger partial charge >= 0.3 is 0 Å². The fraction of sp³-hybridized carbons (Fsp3) is 1.00. The molecule has 0 aromatic heterocycles. The summed E-state index contributed by atoms with van der Waals surface area (Å²) in [4.78, 5) is 2.60. The molecular formula is C14H29N. The van der Waals surface area contributed by atoms with Crippen molar-refractivity contribution >= 4 is 0 Å². The first-order valence-corrected chi connectivity index (χ1v) is 7.00. The van der Waals surface area contributed by atoms with Gasteiger partial charge in [0.2, 0.25) is 0 Å². The molecule has 0 amide bonds. The largest absolute Gasteiger partial charge is 0.304 e. The van der Waals surface area contributed by atoms with Crippen LogP contribution in [0.5, 0.6) is 0 Å². The summed E-state index contributed by atoms with van der Waals surface area (Å²) in [6, 6.07) is 0. The zero-order chi connectivity index (χ0) is 11.3. The molecule has 0 aromatic rings. The Morgan fingerprint density at radius 3 is 2.00 bits per heavy atom. The third kappa shape index (κ3) is 2.96. The molecule has 0 radical (unpaired) electrons. The molecule has 0 aromatic carbocycles. The quantitative estimate of drug-likeness (QED) is 0.669. The molecule has 0 bridgehead atoms. The van der Waals surface area contributed by atoms with Crippen LogP contribution in [0.4, 0.5) is 0 Å². The van der Waals surface area contributed by atoms with Gasteiger partial charge in [0, 0.05) is 0 Å². The lowest BCUT2D eigenvalue weighted by Crippen LogP contribution is -2.46. The number of hydrogen-bond acceptors (Lipinski definition) is 1. The van der Waals surface area contributed by atoms with Crippen LogP contribution in [0.3, 0.4) is 0 Å². The highest BCUT2D eigenvalue weighted by atomic mass is 15.1. The minimum absolute atomic E-state index is 0.812. The fourth-order valence-corrected chi connectivity index (χ4v) is 3.21. The van der Waals surface area contributed by atoms with E-state index in [-0.39, 0.29) is 0 Å². The molecule has 2 rings (SSSR count). The Morgan fingerprint density at radius 2 is 1.60 bits per heavy atom. The molecular weight excluding hydrogens is 182 g/mol. The second kappa shape index (κ2) is 5.89. The Morgan fingerprint density at radius 1 is 1.07 bits per heavy atom. The molecule has 1 saturated carbocycles. The van der Waals surface area contributed by atoms with Crippen LogP contribution >= 0.6 is 0 Å². The van der Waals surface area contributed by atoms with Crippen molar-refractivity contribution in [2.45, 2.75) is 59.8 Å². The van der Waals surface area contributed by atoms with Gasteiger partial charge in [0.25, 0.3) is 0 Å². The second-order valence-corrected chi connectivity index (χ2v) is 5.12. The van der Waals surface area contributed by atoms with Crippen LogP contribution in [-0.2, 0) is 0 Å². The maximum atomic E-state index is 2.60. The van der Waals surface area contributed by atoms with E-state index in [2.05, 4.69) is 18.7 Å². The molecule has 1 nitrogen and oxygen atoms in total. The maximum absolute atomic E-state index is 2.60. The van der Waals surface area contributed by atoms with Gasteiger partial charge in [-0.25, -0.2) is 0 Å². The summed E-state index contributed by atoms with van der Waals surface area (Å²) < 4.78 is 0. The van der Waals surface area contributed by atoms with Crippen LogP contribution in [0.25, 0.3) is 0 Å². The Kier molecular flexibility index (Phi) is 5.11. The minimum atomic E-state index is 0.812. The highest BCUT2D eigenvalue weighted by Crippen LogP contribution is 2.53. The van der Waals surface area contributed by atoms with Gasteiger partial charge in [-0.1, -0.05) is 34.1 Å². The van der Waals surface area contributed by atoms with Crippen LogP contribution in [0.1, 0.15) is 59.8 Å². The van der Waals surface area contributed by atoms with Crippen molar-refractivity contribution < 1.29 is 0 Å². The Bertz CT molecular complexity index is 160. The van der Waals surface area contributed by atoms with Gasteiger partial charge in [-0.2, -0.15) is 0 Å². The number of rotatable bonds is 2. The van der Waals surface area contributed by atoms with Crippen molar-refractivity contribution in [2.75, 3.05) is 19.6 Å². The zero-order valence-electron chi connectivity index (χ0n) is 11.2. The molecule has 1 saturated heterocycles. The average Bonchev–Trinajstić information content (AvgIpc) is 2.28. The Hall–Kier alpha value is -0.0400. The van der Waals surface area contributed by atoms with Crippen LogP contribution in [-0.4, -0.2) is 24.5 Å². The molecule has 15 heavy (non-hydrogen) atoms. The molecule has 2 aliphatic rings. The van der Waals surface area contributed by atoms with E-state index in [9.17, 15) is 0 Å². The minimum Gasteiger partial charge on any atom is -0.304 e. The van der Waals surface area contributed by atoms with Crippen molar-refractivity contribution in [1.29, 1.82) is 0 Å². The Balaban J connectivity index is 0.000000531. The van der Waals surface area contributed by atoms with Crippen molar-refractivity contribution in [3.8, 4) is 0 Å². The predicted octanol–water partition coefficient (Wildman–Crippen LogP) is 3.93. The molecule has 1 aliphatic heterocycles. The van der Waals surface area contributed by atoms with E-state index in [0.717, 1.165) is 11.3 Å². The summed E-state index contributed by atoms with van der Waals surface area (Å²) in [5.41, 5.74) is 0.812. The molecule has 1 aliphatic carbocycles. The van der Waals surface area contributed by atoms with Crippen molar-refractivity contribution in [3.05, 3.63) is 0 Å². The second-order valence-electron chi connectivity index (χ2n) is 5.12. The van der Waals surface area contributed by atoms with E-state index in [1.807, 2.05) is 13.8 Å². The number of hydrogen-bond donors (Lipinski definition) is 0. The summed E-state index contributed by atoms with van der Waals surface area (Å²) in [6.45, 7) is 12.6. The first-order valence-electron chi connectivity index (χ1n) is 7.00. The van der Waals surface area contributed by atoms with E-state index >= 15 is 0 Å². The third-order valence-corrected chi connectivity index (χ3v) is 4.38. The average molecular weight is 211 g/mol. The van der Waals surface area contributed by atoms with Crippen molar-refractivity contribution in [1.82, 2.24) is 4.90 Å². The lowest BCUT2D eigenvalue weighted by atomic mass is 9.57. The standard InChI is InChI=1S/C12H23N.C2H6/c1-3-11-9-12(10-11)5-7-13(4-2)8-6-12;1-2/h11H,3-10H2,1-2H3;1-2H3. The summed E-state index contributed by atoms with van der Waals surface area (Å²) in [6.07, 6.45) is 7.47. The van der Waals surface area contributed by atoms with Crippen LogP contribution in [0.2, 0.25) is 0 Å². The smallest absolute Gasteiger partial charge is 0.00135 e. The number of piperidine rings is 1. The summed E-state index contributed by atoms with van der Waals surface area (Å²) in [7, 11) is 0. The predicted molar refractivity (Wildman–Crippen MR) is 68.1 cm³/mol.